The number of benzene rings is 1. The topological polar surface area (TPSA) is 97.2 Å². The average molecular weight is 353 g/mol. The van der Waals surface area contributed by atoms with Gasteiger partial charge < -0.3 is 9.88 Å². The van der Waals surface area contributed by atoms with Crippen molar-refractivity contribution in [3.8, 4) is 0 Å². The zero-order chi connectivity index (χ0) is 17.5. The van der Waals surface area contributed by atoms with Gasteiger partial charge in [0.2, 0.25) is 15.9 Å². The Morgan fingerprint density at radius 2 is 2.04 bits per heavy atom. The maximum Gasteiger partial charge on any atom is 0.247 e. The number of nitrogens with zero attached hydrogens (tertiary/aromatic N) is 4. The normalized spacial score (nSPS) is 18.2. The van der Waals surface area contributed by atoms with Gasteiger partial charge in [0.05, 0.1) is 13.1 Å². The summed E-state index contributed by atoms with van der Waals surface area (Å²) in [5.74, 6) is -0.348. The molecule has 0 fully saturated rings. The SMILES string of the molecule is CNC(=O)C1Cn2c(C)nnc2CN1S(=O)(=O)c1ccccc1F. The van der Waals surface area contributed by atoms with Gasteiger partial charge in [-0.05, 0) is 19.1 Å². The third kappa shape index (κ3) is 2.57. The van der Waals surface area contributed by atoms with E-state index in [-0.39, 0.29) is 13.1 Å². The highest BCUT2D eigenvalue weighted by atomic mass is 32.2. The number of rotatable bonds is 3. The van der Waals surface area contributed by atoms with E-state index in [1.807, 2.05) is 0 Å². The number of carbonyl (C=O) groups excluding carboxylic acids is 1. The molecule has 128 valence electrons. The molecule has 0 aliphatic carbocycles. The number of sulfonamides is 1. The fraction of sp³-hybridized carbons (Fsp3) is 0.357. The van der Waals surface area contributed by atoms with Crippen molar-refractivity contribution in [2.45, 2.75) is 31.0 Å². The summed E-state index contributed by atoms with van der Waals surface area (Å²) in [5, 5.41) is 10.3. The Labute approximate surface area is 138 Å². The first-order valence-electron chi connectivity index (χ1n) is 7.23. The van der Waals surface area contributed by atoms with Crippen molar-refractivity contribution >= 4 is 15.9 Å². The Hall–Kier alpha value is -2.33. The van der Waals surface area contributed by atoms with Crippen LogP contribution in [-0.2, 0) is 27.9 Å². The van der Waals surface area contributed by atoms with E-state index in [0.717, 1.165) is 10.4 Å². The quantitative estimate of drug-likeness (QED) is 0.841. The van der Waals surface area contributed by atoms with Crippen LogP contribution in [0.15, 0.2) is 29.2 Å². The first-order chi connectivity index (χ1) is 11.4. The second-order valence-electron chi connectivity index (χ2n) is 5.38. The van der Waals surface area contributed by atoms with Crippen molar-refractivity contribution in [2.75, 3.05) is 7.05 Å². The van der Waals surface area contributed by atoms with Crippen LogP contribution in [0, 0.1) is 12.7 Å². The zero-order valence-corrected chi connectivity index (χ0v) is 13.9. The van der Waals surface area contributed by atoms with Crippen LogP contribution in [0.3, 0.4) is 0 Å². The van der Waals surface area contributed by atoms with Crippen molar-refractivity contribution in [3.05, 3.63) is 41.7 Å². The maximum atomic E-state index is 14.0. The largest absolute Gasteiger partial charge is 0.358 e. The van der Waals surface area contributed by atoms with Crippen molar-refractivity contribution in [1.82, 2.24) is 24.4 Å². The highest BCUT2D eigenvalue weighted by molar-refractivity contribution is 7.89. The molecule has 1 aromatic heterocycles. The van der Waals surface area contributed by atoms with Gasteiger partial charge in [0.15, 0.2) is 0 Å². The smallest absolute Gasteiger partial charge is 0.247 e. The molecule has 3 rings (SSSR count). The Kier molecular flexibility index (Phi) is 4.10. The van der Waals surface area contributed by atoms with Crippen LogP contribution in [-0.4, -0.2) is 46.5 Å². The lowest BCUT2D eigenvalue weighted by molar-refractivity contribution is -0.125. The van der Waals surface area contributed by atoms with Gasteiger partial charge in [-0.15, -0.1) is 10.2 Å². The summed E-state index contributed by atoms with van der Waals surface area (Å²) in [6, 6.07) is 4.07. The third-order valence-corrected chi connectivity index (χ3v) is 5.87. The predicted molar refractivity (Wildman–Crippen MR) is 81.7 cm³/mol. The molecule has 8 nitrogen and oxygen atoms in total. The number of aromatic nitrogens is 3. The van der Waals surface area contributed by atoms with Crippen LogP contribution in [0.2, 0.25) is 0 Å². The lowest BCUT2D eigenvalue weighted by Crippen LogP contribution is -2.53. The van der Waals surface area contributed by atoms with Crippen molar-refractivity contribution < 1.29 is 17.6 Å². The van der Waals surface area contributed by atoms with E-state index in [1.54, 1.807) is 11.5 Å². The van der Waals surface area contributed by atoms with Gasteiger partial charge in [-0.1, -0.05) is 12.1 Å². The Morgan fingerprint density at radius 1 is 1.33 bits per heavy atom. The average Bonchev–Trinajstić information content (AvgIpc) is 2.94. The number of hydrogen-bond acceptors (Lipinski definition) is 5. The monoisotopic (exact) mass is 353 g/mol. The summed E-state index contributed by atoms with van der Waals surface area (Å²) < 4.78 is 42.5. The molecule has 0 saturated heterocycles. The van der Waals surface area contributed by atoms with Crippen molar-refractivity contribution in [2.24, 2.45) is 0 Å². The Bertz CT molecular complexity index is 896. The molecule has 2 heterocycles. The minimum absolute atomic E-state index is 0.0710. The van der Waals surface area contributed by atoms with Crippen LogP contribution in [0.1, 0.15) is 11.6 Å². The molecule has 1 aromatic carbocycles. The summed E-state index contributed by atoms with van der Waals surface area (Å²) in [6.45, 7) is 1.63. The van der Waals surface area contributed by atoms with E-state index in [1.165, 1.54) is 25.2 Å². The van der Waals surface area contributed by atoms with Gasteiger partial charge in [0.1, 0.15) is 28.4 Å². The number of nitrogens with one attached hydrogen (secondary N) is 1. The molecule has 0 radical (unpaired) electrons. The second-order valence-corrected chi connectivity index (χ2v) is 7.24. The fourth-order valence-electron chi connectivity index (χ4n) is 2.71. The van der Waals surface area contributed by atoms with E-state index in [9.17, 15) is 17.6 Å². The lowest BCUT2D eigenvalue weighted by atomic mass is 10.2. The molecule has 0 saturated carbocycles. The molecule has 0 bridgehead atoms. The molecule has 10 heteroatoms. The van der Waals surface area contributed by atoms with E-state index < -0.39 is 32.7 Å². The first-order valence-corrected chi connectivity index (χ1v) is 8.67. The van der Waals surface area contributed by atoms with E-state index in [4.69, 9.17) is 0 Å². The molecule has 1 unspecified atom stereocenters. The summed E-state index contributed by atoms with van der Waals surface area (Å²) in [6.07, 6.45) is 0. The van der Waals surface area contributed by atoms with E-state index in [2.05, 4.69) is 15.5 Å². The van der Waals surface area contributed by atoms with Crippen LogP contribution in [0.25, 0.3) is 0 Å². The third-order valence-electron chi connectivity index (χ3n) is 3.99. The maximum absolute atomic E-state index is 14.0. The number of aryl methyl sites for hydroxylation is 1. The number of halogens is 1. The van der Waals surface area contributed by atoms with Gasteiger partial charge in [-0.25, -0.2) is 12.8 Å². The van der Waals surface area contributed by atoms with Crippen molar-refractivity contribution in [3.63, 3.8) is 0 Å². The summed E-state index contributed by atoms with van der Waals surface area (Å²) >= 11 is 0. The van der Waals surface area contributed by atoms with E-state index >= 15 is 0 Å². The Balaban J connectivity index is 2.10. The van der Waals surface area contributed by atoms with Crippen LogP contribution in [0.4, 0.5) is 4.39 Å². The fourth-order valence-corrected chi connectivity index (χ4v) is 4.31. The predicted octanol–water partition coefficient (Wildman–Crippen LogP) is 0.0447. The number of amides is 1. The van der Waals surface area contributed by atoms with Gasteiger partial charge in [-0.3, -0.25) is 4.79 Å². The highest BCUT2D eigenvalue weighted by Gasteiger charge is 2.41. The zero-order valence-electron chi connectivity index (χ0n) is 13.1. The molecule has 1 atom stereocenters. The summed E-state index contributed by atoms with van der Waals surface area (Å²) in [7, 11) is -2.79. The van der Waals surface area contributed by atoms with Gasteiger partial charge in [-0.2, -0.15) is 4.31 Å². The molecular weight excluding hydrogens is 337 g/mol. The lowest BCUT2D eigenvalue weighted by Gasteiger charge is -2.33. The van der Waals surface area contributed by atoms with Gasteiger partial charge in [0.25, 0.3) is 0 Å². The molecule has 2 aromatic rings. The number of likely N-dealkylation sites (N-methyl/N-ethyl adjacent to an activating group) is 1. The molecule has 24 heavy (non-hydrogen) atoms. The van der Waals surface area contributed by atoms with Crippen LogP contribution >= 0.6 is 0 Å². The minimum Gasteiger partial charge on any atom is -0.358 e. The summed E-state index contributed by atoms with van der Waals surface area (Å²) in [4.78, 5) is 11.7. The summed E-state index contributed by atoms with van der Waals surface area (Å²) in [5.41, 5.74) is 0. The van der Waals surface area contributed by atoms with Crippen LogP contribution < -0.4 is 5.32 Å². The number of fused-ring (bicyclic) bond motifs is 1. The molecule has 1 N–H and O–H groups in total. The van der Waals surface area contributed by atoms with E-state index in [0.29, 0.717) is 11.6 Å². The Morgan fingerprint density at radius 3 is 2.71 bits per heavy atom. The van der Waals surface area contributed by atoms with Crippen LogP contribution in [0.5, 0.6) is 0 Å². The second kappa shape index (κ2) is 5.95. The minimum atomic E-state index is -4.21. The highest BCUT2D eigenvalue weighted by Crippen LogP contribution is 2.27. The van der Waals surface area contributed by atoms with Gasteiger partial charge in [0, 0.05) is 7.05 Å². The molecule has 1 aliphatic heterocycles. The number of hydrogen-bond donors (Lipinski definition) is 1. The number of carbonyl (C=O) groups is 1. The molecule has 1 amide bonds. The van der Waals surface area contributed by atoms with Crippen molar-refractivity contribution in [1.29, 1.82) is 0 Å². The first kappa shape index (κ1) is 16.5. The molecule has 1 aliphatic rings. The van der Waals surface area contributed by atoms with Gasteiger partial charge >= 0.3 is 0 Å². The molecular formula is C14H16FN5O3S. The molecule has 0 spiro atoms. The standard InChI is InChI=1S/C14H16FN5O3S/c1-9-17-18-13-8-20(11(7-19(9)13)14(21)16-2)24(22,23)12-6-4-3-5-10(12)15/h3-6,11H,7-8H2,1-2H3,(H,16,21).